The van der Waals surface area contributed by atoms with Crippen molar-refractivity contribution in [1.82, 2.24) is 5.43 Å². The Labute approximate surface area is 210 Å². The lowest BCUT2D eigenvalue weighted by molar-refractivity contribution is -0.384. The van der Waals surface area contributed by atoms with Gasteiger partial charge < -0.3 is 14.8 Å². The van der Waals surface area contributed by atoms with Gasteiger partial charge in [-0.2, -0.15) is 5.10 Å². The van der Waals surface area contributed by atoms with Gasteiger partial charge in [-0.3, -0.25) is 10.1 Å². The van der Waals surface area contributed by atoms with Gasteiger partial charge in [-0.05, 0) is 83.5 Å². The minimum Gasteiger partial charge on any atom is -0.490 e. The maximum absolute atomic E-state index is 12.1. The summed E-state index contributed by atoms with van der Waals surface area (Å²) in [6.07, 6.45) is 1.52. The van der Waals surface area contributed by atoms with Crippen LogP contribution in [-0.4, -0.2) is 23.8 Å². The molecule has 34 heavy (non-hydrogen) atoms. The van der Waals surface area contributed by atoms with E-state index in [0.717, 1.165) is 14.7 Å². The third-order valence-corrected chi connectivity index (χ3v) is 5.44. The second kappa shape index (κ2) is 12.0. The SMILES string of the molecule is CCOc1cc(C=NNC(=O)Nc2ccccc2C)cc(I)c1OCc1ccc([N+](=O)[O-])cc1. The number of hydrogen-bond acceptors (Lipinski definition) is 6. The molecule has 0 aliphatic carbocycles. The molecular formula is C24H23IN4O5. The molecule has 0 aliphatic heterocycles. The van der Waals surface area contributed by atoms with Gasteiger partial charge in [0.2, 0.25) is 0 Å². The van der Waals surface area contributed by atoms with Crippen LogP contribution < -0.4 is 20.2 Å². The van der Waals surface area contributed by atoms with Crippen LogP contribution in [0, 0.1) is 20.6 Å². The normalized spacial score (nSPS) is 10.7. The Bertz CT molecular complexity index is 1200. The van der Waals surface area contributed by atoms with E-state index in [0.29, 0.717) is 29.4 Å². The van der Waals surface area contributed by atoms with E-state index < -0.39 is 11.0 Å². The fraction of sp³-hybridized carbons (Fsp3) is 0.167. The molecule has 0 saturated carbocycles. The number of carbonyl (C=O) groups is 1. The molecule has 0 aromatic heterocycles. The Morgan fingerprint density at radius 3 is 2.56 bits per heavy atom. The summed E-state index contributed by atoms with van der Waals surface area (Å²) in [6, 6.07) is 16.8. The van der Waals surface area contributed by atoms with Gasteiger partial charge >= 0.3 is 6.03 Å². The summed E-state index contributed by atoms with van der Waals surface area (Å²) in [4.78, 5) is 22.5. The fourth-order valence-electron chi connectivity index (χ4n) is 2.96. The number of aryl methyl sites for hydroxylation is 1. The number of urea groups is 1. The summed E-state index contributed by atoms with van der Waals surface area (Å²) in [7, 11) is 0. The molecule has 0 radical (unpaired) electrons. The number of para-hydroxylation sites is 1. The second-order valence-corrected chi connectivity index (χ2v) is 8.28. The predicted octanol–water partition coefficient (Wildman–Crippen LogP) is 5.64. The van der Waals surface area contributed by atoms with E-state index in [1.165, 1.54) is 18.3 Å². The Hall–Kier alpha value is -3.67. The third-order valence-electron chi connectivity index (χ3n) is 4.64. The average Bonchev–Trinajstić information content (AvgIpc) is 2.80. The van der Waals surface area contributed by atoms with Crippen LogP contribution in [0.15, 0.2) is 65.8 Å². The number of nitrogens with one attached hydrogen (secondary N) is 2. The molecule has 9 nitrogen and oxygen atoms in total. The first-order chi connectivity index (χ1) is 16.4. The molecule has 176 valence electrons. The number of carbonyl (C=O) groups excluding carboxylic acids is 1. The molecular weight excluding hydrogens is 551 g/mol. The molecule has 2 amide bonds. The molecule has 3 rings (SSSR count). The van der Waals surface area contributed by atoms with Crippen LogP contribution in [0.1, 0.15) is 23.6 Å². The van der Waals surface area contributed by atoms with Gasteiger partial charge in [0.15, 0.2) is 11.5 Å². The fourth-order valence-corrected chi connectivity index (χ4v) is 3.74. The van der Waals surface area contributed by atoms with E-state index in [-0.39, 0.29) is 12.3 Å². The van der Waals surface area contributed by atoms with E-state index >= 15 is 0 Å². The molecule has 10 heteroatoms. The first-order valence-electron chi connectivity index (χ1n) is 10.4. The number of non-ortho nitro benzene ring substituents is 1. The van der Waals surface area contributed by atoms with E-state index in [1.807, 2.05) is 44.2 Å². The number of benzene rings is 3. The monoisotopic (exact) mass is 574 g/mol. The van der Waals surface area contributed by atoms with Crippen molar-refractivity contribution in [2.24, 2.45) is 5.10 Å². The molecule has 0 heterocycles. The number of hydrazone groups is 1. The number of nitro benzene ring substituents is 1. The highest BCUT2D eigenvalue weighted by Crippen LogP contribution is 2.34. The highest BCUT2D eigenvalue weighted by molar-refractivity contribution is 14.1. The maximum Gasteiger partial charge on any atom is 0.339 e. The summed E-state index contributed by atoms with van der Waals surface area (Å²) in [5.74, 6) is 1.09. The second-order valence-electron chi connectivity index (χ2n) is 7.11. The lowest BCUT2D eigenvalue weighted by atomic mass is 10.2. The number of nitrogens with zero attached hydrogens (tertiary/aromatic N) is 2. The minimum atomic E-state index is -0.451. The Morgan fingerprint density at radius 2 is 1.88 bits per heavy atom. The van der Waals surface area contributed by atoms with Crippen LogP contribution in [0.5, 0.6) is 11.5 Å². The summed E-state index contributed by atoms with van der Waals surface area (Å²) in [5.41, 5.74) is 5.63. The number of rotatable bonds is 9. The van der Waals surface area contributed by atoms with Gasteiger partial charge in [0.05, 0.1) is 21.3 Å². The van der Waals surface area contributed by atoms with Crippen molar-refractivity contribution in [3.05, 3.63) is 91.0 Å². The largest absolute Gasteiger partial charge is 0.490 e. The van der Waals surface area contributed by atoms with Crippen molar-refractivity contribution in [2.45, 2.75) is 20.5 Å². The van der Waals surface area contributed by atoms with Crippen LogP contribution in [0.2, 0.25) is 0 Å². The van der Waals surface area contributed by atoms with Gasteiger partial charge in [-0.25, -0.2) is 10.2 Å². The Morgan fingerprint density at radius 1 is 1.15 bits per heavy atom. The zero-order valence-electron chi connectivity index (χ0n) is 18.6. The number of amides is 2. The Kier molecular flexibility index (Phi) is 8.79. The zero-order valence-corrected chi connectivity index (χ0v) is 20.7. The van der Waals surface area contributed by atoms with Crippen LogP contribution in [0.25, 0.3) is 0 Å². The average molecular weight is 574 g/mol. The highest BCUT2D eigenvalue weighted by Gasteiger charge is 2.13. The summed E-state index contributed by atoms with van der Waals surface area (Å²) in [6.45, 7) is 4.43. The molecule has 0 atom stereocenters. The van der Waals surface area contributed by atoms with Crippen LogP contribution in [0.4, 0.5) is 16.2 Å². The molecule has 0 saturated heterocycles. The topological polar surface area (TPSA) is 115 Å². The maximum atomic E-state index is 12.1. The number of hydrogen-bond donors (Lipinski definition) is 2. The van der Waals surface area contributed by atoms with Crippen LogP contribution >= 0.6 is 22.6 Å². The first-order valence-corrected chi connectivity index (χ1v) is 11.4. The van der Waals surface area contributed by atoms with Gasteiger partial charge in [-0.15, -0.1) is 0 Å². The van der Waals surface area contributed by atoms with Crippen molar-refractivity contribution in [3.63, 3.8) is 0 Å². The molecule has 3 aromatic carbocycles. The van der Waals surface area contributed by atoms with Crippen LogP contribution in [-0.2, 0) is 6.61 Å². The first kappa shape index (κ1) is 25.0. The number of nitro groups is 1. The van der Waals surface area contributed by atoms with Gasteiger partial charge in [-0.1, -0.05) is 18.2 Å². The van der Waals surface area contributed by atoms with Crippen molar-refractivity contribution in [3.8, 4) is 11.5 Å². The molecule has 0 fully saturated rings. The van der Waals surface area contributed by atoms with Crippen molar-refractivity contribution < 1.29 is 19.2 Å². The zero-order chi connectivity index (χ0) is 24.5. The van der Waals surface area contributed by atoms with Gasteiger partial charge in [0, 0.05) is 17.8 Å². The molecule has 0 spiro atoms. The molecule has 0 unspecified atom stereocenters. The number of halogens is 1. The predicted molar refractivity (Wildman–Crippen MR) is 139 cm³/mol. The van der Waals surface area contributed by atoms with E-state index in [2.05, 4.69) is 38.4 Å². The van der Waals surface area contributed by atoms with E-state index in [1.54, 1.807) is 18.2 Å². The Balaban J connectivity index is 1.66. The standard InChI is InChI=1S/C24H23IN4O5/c1-3-33-22-13-18(14-26-28-24(30)27-21-7-5-4-6-16(21)2)12-20(25)23(22)34-15-17-8-10-19(11-9-17)29(31)32/h4-14H,3,15H2,1-2H3,(H2,27,28,30). The quantitative estimate of drug-likeness (QED) is 0.149. The third kappa shape index (κ3) is 6.91. The van der Waals surface area contributed by atoms with Crippen molar-refractivity contribution in [1.29, 1.82) is 0 Å². The smallest absolute Gasteiger partial charge is 0.339 e. The lowest BCUT2D eigenvalue weighted by Crippen LogP contribution is -2.24. The number of ether oxygens (including phenoxy) is 2. The molecule has 3 aromatic rings. The van der Waals surface area contributed by atoms with Gasteiger partial charge in [0.25, 0.3) is 5.69 Å². The molecule has 0 bridgehead atoms. The number of anilines is 1. The van der Waals surface area contributed by atoms with Crippen molar-refractivity contribution >= 4 is 46.2 Å². The summed E-state index contributed by atoms with van der Waals surface area (Å²) < 4.78 is 12.5. The van der Waals surface area contributed by atoms with E-state index in [4.69, 9.17) is 9.47 Å². The van der Waals surface area contributed by atoms with Crippen molar-refractivity contribution in [2.75, 3.05) is 11.9 Å². The van der Waals surface area contributed by atoms with E-state index in [9.17, 15) is 14.9 Å². The molecule has 2 N–H and O–H groups in total. The van der Waals surface area contributed by atoms with Gasteiger partial charge in [0.1, 0.15) is 6.61 Å². The lowest BCUT2D eigenvalue weighted by Gasteiger charge is -2.14. The van der Waals surface area contributed by atoms with Crippen LogP contribution in [0.3, 0.4) is 0 Å². The summed E-state index contributed by atoms with van der Waals surface area (Å²) >= 11 is 2.14. The minimum absolute atomic E-state index is 0.0261. The molecule has 0 aliphatic rings. The highest BCUT2D eigenvalue weighted by atomic mass is 127. The summed E-state index contributed by atoms with van der Waals surface area (Å²) in [5, 5.41) is 17.6.